The lowest BCUT2D eigenvalue weighted by molar-refractivity contribution is -0.256. The predicted molar refractivity (Wildman–Crippen MR) is 143 cm³/mol. The standard InChI is InChI=1S/C30H35F4N3O4/c31-25-14-21(28(40)37-16-22(38)15-26(37)27(35)39)4-7-24(25)20-2-5-23(6-3-20)41-17-19-8-12-36(13-9-19)18-29(10-1-11-29)30(32,33)34/h2-7,14,19,22,26,38H,1,8-13,15-18H2,(H2,35,39)/t22-,26+/m1/s1. The molecular formula is C30H35F4N3O4. The van der Waals surface area contributed by atoms with Crippen LogP contribution in [0.5, 0.6) is 5.75 Å². The van der Waals surface area contributed by atoms with Gasteiger partial charge in [0, 0.05) is 30.6 Å². The third kappa shape index (κ3) is 6.21. The van der Waals surface area contributed by atoms with Gasteiger partial charge in [-0.2, -0.15) is 13.2 Å². The van der Waals surface area contributed by atoms with Gasteiger partial charge in [0.15, 0.2) is 0 Å². The monoisotopic (exact) mass is 577 g/mol. The summed E-state index contributed by atoms with van der Waals surface area (Å²) in [4.78, 5) is 27.6. The summed E-state index contributed by atoms with van der Waals surface area (Å²) >= 11 is 0. The molecule has 0 radical (unpaired) electrons. The van der Waals surface area contributed by atoms with Gasteiger partial charge in [0.2, 0.25) is 5.91 Å². The number of halogens is 4. The van der Waals surface area contributed by atoms with Gasteiger partial charge in [-0.15, -0.1) is 0 Å². The molecule has 41 heavy (non-hydrogen) atoms. The van der Waals surface area contributed by atoms with Gasteiger partial charge in [-0.05, 0) is 74.5 Å². The fraction of sp³-hybridized carbons (Fsp3) is 0.533. The van der Waals surface area contributed by atoms with Crippen LogP contribution in [-0.4, -0.2) is 77.8 Å². The summed E-state index contributed by atoms with van der Waals surface area (Å²) < 4.78 is 61.5. The lowest BCUT2D eigenvalue weighted by atomic mass is 9.67. The van der Waals surface area contributed by atoms with Crippen LogP contribution < -0.4 is 10.5 Å². The first kappa shape index (κ1) is 29.3. The van der Waals surface area contributed by atoms with Crippen molar-refractivity contribution in [3.63, 3.8) is 0 Å². The second kappa shape index (κ2) is 11.6. The van der Waals surface area contributed by atoms with Crippen molar-refractivity contribution in [3.05, 3.63) is 53.8 Å². The largest absolute Gasteiger partial charge is 0.493 e. The Morgan fingerprint density at radius 2 is 1.76 bits per heavy atom. The van der Waals surface area contributed by atoms with E-state index in [2.05, 4.69) is 0 Å². The maximum Gasteiger partial charge on any atom is 0.395 e. The Hall–Kier alpha value is -3.18. The maximum absolute atomic E-state index is 15.0. The van der Waals surface area contributed by atoms with E-state index in [-0.39, 0.29) is 49.4 Å². The van der Waals surface area contributed by atoms with Crippen molar-refractivity contribution in [1.82, 2.24) is 9.80 Å². The van der Waals surface area contributed by atoms with Gasteiger partial charge in [0.25, 0.3) is 5.91 Å². The molecule has 2 aliphatic heterocycles. The van der Waals surface area contributed by atoms with Crippen LogP contribution in [-0.2, 0) is 4.79 Å². The molecule has 0 spiro atoms. The molecule has 3 aliphatic rings. The first-order valence-corrected chi connectivity index (χ1v) is 14.1. The van der Waals surface area contributed by atoms with Crippen LogP contribution in [0.2, 0.25) is 0 Å². The van der Waals surface area contributed by atoms with Crippen LogP contribution >= 0.6 is 0 Å². The molecule has 2 saturated heterocycles. The Bertz CT molecular complexity index is 1260. The number of alkyl halides is 3. The number of β-amino-alcohol motifs (C(OH)–C–C–N with tert-alkyl or cyclic N) is 1. The van der Waals surface area contributed by atoms with E-state index in [9.17, 15) is 27.9 Å². The number of hydrogen-bond acceptors (Lipinski definition) is 5. The van der Waals surface area contributed by atoms with Gasteiger partial charge >= 0.3 is 6.18 Å². The third-order valence-electron chi connectivity index (χ3n) is 8.88. The number of aliphatic hydroxyl groups is 1. The second-order valence-corrected chi connectivity index (χ2v) is 11.6. The Labute approximate surface area is 236 Å². The molecule has 11 heteroatoms. The first-order valence-electron chi connectivity index (χ1n) is 14.1. The number of primary amides is 1. The van der Waals surface area contributed by atoms with Crippen molar-refractivity contribution < 1.29 is 37.0 Å². The maximum atomic E-state index is 15.0. The molecule has 2 heterocycles. The van der Waals surface area contributed by atoms with Gasteiger partial charge in [0.05, 0.1) is 18.1 Å². The lowest BCUT2D eigenvalue weighted by Crippen LogP contribution is -2.53. The molecule has 3 N–H and O–H groups in total. The molecule has 1 saturated carbocycles. The summed E-state index contributed by atoms with van der Waals surface area (Å²) in [5, 5.41) is 9.86. The minimum Gasteiger partial charge on any atom is -0.493 e. The Morgan fingerprint density at radius 1 is 1.07 bits per heavy atom. The highest BCUT2D eigenvalue weighted by Crippen LogP contribution is 2.53. The Morgan fingerprint density at radius 3 is 2.32 bits per heavy atom. The van der Waals surface area contributed by atoms with E-state index in [0.29, 0.717) is 37.4 Å². The van der Waals surface area contributed by atoms with E-state index >= 15 is 4.39 Å². The van der Waals surface area contributed by atoms with Crippen molar-refractivity contribution in [3.8, 4) is 16.9 Å². The van der Waals surface area contributed by atoms with Crippen LogP contribution in [0.15, 0.2) is 42.5 Å². The third-order valence-corrected chi connectivity index (χ3v) is 8.88. The first-order chi connectivity index (χ1) is 19.5. The number of rotatable bonds is 8. The molecule has 2 aromatic carbocycles. The number of amides is 2. The van der Waals surface area contributed by atoms with Crippen LogP contribution in [0.3, 0.4) is 0 Å². The van der Waals surface area contributed by atoms with Crippen molar-refractivity contribution in [2.45, 2.75) is 56.8 Å². The second-order valence-electron chi connectivity index (χ2n) is 11.6. The van der Waals surface area contributed by atoms with Gasteiger partial charge in [-0.25, -0.2) is 4.39 Å². The number of aliphatic hydroxyl groups excluding tert-OH is 1. The van der Waals surface area contributed by atoms with E-state index in [0.717, 1.165) is 18.9 Å². The highest BCUT2D eigenvalue weighted by molar-refractivity contribution is 5.98. The zero-order valence-electron chi connectivity index (χ0n) is 22.7. The van der Waals surface area contributed by atoms with Gasteiger partial charge in [0.1, 0.15) is 17.6 Å². The number of benzene rings is 2. The minimum atomic E-state index is -4.15. The zero-order valence-corrected chi connectivity index (χ0v) is 22.7. The van der Waals surface area contributed by atoms with E-state index in [1.807, 2.05) is 4.90 Å². The lowest BCUT2D eigenvalue weighted by Gasteiger charge is -2.47. The zero-order chi connectivity index (χ0) is 29.4. The fourth-order valence-corrected chi connectivity index (χ4v) is 6.17. The number of nitrogens with two attached hydrogens (primary N) is 1. The van der Waals surface area contributed by atoms with Crippen molar-refractivity contribution >= 4 is 11.8 Å². The van der Waals surface area contributed by atoms with Crippen LogP contribution in [0.4, 0.5) is 17.6 Å². The van der Waals surface area contributed by atoms with E-state index < -0.39 is 41.4 Å². The number of carbonyl (C=O) groups excluding carboxylic acids is 2. The number of likely N-dealkylation sites (tertiary alicyclic amines) is 2. The molecule has 0 aromatic heterocycles. The minimum absolute atomic E-state index is 0.0465. The predicted octanol–water partition coefficient (Wildman–Crippen LogP) is 4.38. The van der Waals surface area contributed by atoms with Crippen molar-refractivity contribution in [2.75, 3.05) is 32.8 Å². The molecule has 2 atom stereocenters. The summed E-state index contributed by atoms with van der Waals surface area (Å²) in [7, 11) is 0. The van der Waals surface area contributed by atoms with E-state index in [1.54, 1.807) is 24.3 Å². The summed E-state index contributed by atoms with van der Waals surface area (Å²) in [6, 6.07) is 10.0. The molecule has 222 valence electrons. The fourth-order valence-electron chi connectivity index (χ4n) is 6.17. The van der Waals surface area contributed by atoms with E-state index in [4.69, 9.17) is 10.5 Å². The molecule has 5 rings (SSSR count). The number of piperidine rings is 1. The summed E-state index contributed by atoms with van der Waals surface area (Å²) in [5.74, 6) is -1.04. The van der Waals surface area contributed by atoms with E-state index in [1.165, 1.54) is 17.0 Å². The van der Waals surface area contributed by atoms with Crippen molar-refractivity contribution in [1.29, 1.82) is 0 Å². The van der Waals surface area contributed by atoms with Crippen LogP contribution in [0.25, 0.3) is 11.1 Å². The molecular weight excluding hydrogens is 542 g/mol. The molecule has 3 fully saturated rings. The summed E-state index contributed by atoms with van der Waals surface area (Å²) in [6.07, 6.45) is -2.31. The van der Waals surface area contributed by atoms with Gasteiger partial charge in [-0.3, -0.25) is 9.59 Å². The molecule has 2 amide bonds. The number of ether oxygens (including phenoxy) is 1. The molecule has 1 aliphatic carbocycles. The molecule has 7 nitrogen and oxygen atoms in total. The smallest absolute Gasteiger partial charge is 0.395 e. The summed E-state index contributed by atoms with van der Waals surface area (Å²) in [5.41, 5.74) is 4.75. The number of hydrogen-bond donors (Lipinski definition) is 2. The SMILES string of the molecule is NC(=O)[C@@H]1C[C@@H](O)CN1C(=O)c1ccc(-c2ccc(OCC3CCN(CC4(C(F)(F)F)CCC4)CC3)cc2)c(F)c1. The van der Waals surface area contributed by atoms with Crippen LogP contribution in [0.1, 0.15) is 48.9 Å². The van der Waals surface area contributed by atoms with Gasteiger partial charge in [-0.1, -0.05) is 24.6 Å². The molecule has 2 aromatic rings. The Kier molecular flexibility index (Phi) is 8.29. The quantitative estimate of drug-likeness (QED) is 0.455. The van der Waals surface area contributed by atoms with Gasteiger partial charge < -0.3 is 25.4 Å². The normalized spacial score (nSPS) is 23.3. The highest BCUT2D eigenvalue weighted by atomic mass is 19.4. The molecule has 0 unspecified atom stereocenters. The average Bonchev–Trinajstić information content (AvgIpc) is 3.31. The number of carbonyl (C=O) groups is 2. The summed E-state index contributed by atoms with van der Waals surface area (Å²) in [6.45, 7) is 1.76. The topological polar surface area (TPSA) is 96.1 Å². The van der Waals surface area contributed by atoms with Crippen LogP contribution in [0, 0.1) is 17.2 Å². The Balaban J connectivity index is 1.13. The van der Waals surface area contributed by atoms with Crippen molar-refractivity contribution in [2.24, 2.45) is 17.1 Å². The average molecular weight is 578 g/mol. The highest BCUT2D eigenvalue weighted by Gasteiger charge is 2.58. The number of nitrogens with zero attached hydrogens (tertiary/aromatic N) is 2. The molecule has 0 bridgehead atoms.